The number of aryl methyl sites for hydroxylation is 1. The van der Waals surface area contributed by atoms with Gasteiger partial charge >= 0.3 is 0 Å². The first kappa shape index (κ1) is 14.0. The van der Waals surface area contributed by atoms with Crippen LogP contribution in [0.2, 0.25) is 0 Å². The second kappa shape index (κ2) is 7.26. The van der Waals surface area contributed by atoms with E-state index < -0.39 is 0 Å². The molecule has 19 heavy (non-hydrogen) atoms. The molecule has 1 unspecified atom stereocenters. The Bertz CT molecular complexity index is 412. The van der Waals surface area contributed by atoms with E-state index in [9.17, 15) is 4.79 Å². The summed E-state index contributed by atoms with van der Waals surface area (Å²) in [5.41, 5.74) is 2.56. The molecule has 0 spiro atoms. The van der Waals surface area contributed by atoms with Crippen molar-refractivity contribution in [1.82, 2.24) is 10.6 Å². The fourth-order valence-corrected chi connectivity index (χ4v) is 2.23. The molecule has 4 heteroatoms. The summed E-state index contributed by atoms with van der Waals surface area (Å²) in [7, 11) is 0. The summed E-state index contributed by atoms with van der Waals surface area (Å²) in [4.78, 5) is 12.0. The highest BCUT2D eigenvalue weighted by atomic mass is 16.5. The zero-order valence-electron chi connectivity index (χ0n) is 11.4. The van der Waals surface area contributed by atoms with Gasteiger partial charge in [0.1, 0.15) is 0 Å². The second-order valence-electron chi connectivity index (χ2n) is 4.94. The van der Waals surface area contributed by atoms with Gasteiger partial charge in [-0.15, -0.1) is 0 Å². The van der Waals surface area contributed by atoms with Crippen LogP contribution in [0.25, 0.3) is 0 Å². The lowest BCUT2D eigenvalue weighted by Crippen LogP contribution is -2.38. The van der Waals surface area contributed by atoms with Gasteiger partial charge in [-0.2, -0.15) is 0 Å². The maximum atomic E-state index is 12.0. The molecule has 0 bridgehead atoms. The SMILES string of the molecule is Cc1ccccc1CCNC(=O)C1CNCCOC1. The number of nitrogens with one attached hydrogen (secondary N) is 2. The monoisotopic (exact) mass is 262 g/mol. The Morgan fingerprint density at radius 2 is 2.32 bits per heavy atom. The molecule has 1 fully saturated rings. The first-order chi connectivity index (χ1) is 9.27. The molecule has 1 aliphatic heterocycles. The smallest absolute Gasteiger partial charge is 0.226 e. The van der Waals surface area contributed by atoms with Gasteiger partial charge in [0.2, 0.25) is 5.91 Å². The van der Waals surface area contributed by atoms with E-state index in [0.717, 1.165) is 13.0 Å². The molecular weight excluding hydrogens is 240 g/mol. The fourth-order valence-electron chi connectivity index (χ4n) is 2.23. The van der Waals surface area contributed by atoms with E-state index in [-0.39, 0.29) is 11.8 Å². The van der Waals surface area contributed by atoms with Crippen LogP contribution in [-0.4, -0.2) is 38.8 Å². The maximum Gasteiger partial charge on any atom is 0.226 e. The molecule has 0 aromatic heterocycles. The van der Waals surface area contributed by atoms with Crippen molar-refractivity contribution in [3.05, 3.63) is 35.4 Å². The molecule has 1 atom stereocenters. The molecule has 2 rings (SSSR count). The summed E-state index contributed by atoms with van der Waals surface area (Å²) in [6.45, 7) is 5.51. The third-order valence-electron chi connectivity index (χ3n) is 3.46. The van der Waals surface area contributed by atoms with Crippen LogP contribution in [0.5, 0.6) is 0 Å². The van der Waals surface area contributed by atoms with Crippen LogP contribution in [0.4, 0.5) is 0 Å². The summed E-state index contributed by atoms with van der Waals surface area (Å²) in [6.07, 6.45) is 0.874. The normalized spacial score (nSPS) is 19.7. The lowest BCUT2D eigenvalue weighted by atomic mass is 10.1. The molecule has 1 saturated heterocycles. The lowest BCUT2D eigenvalue weighted by molar-refractivity contribution is -0.126. The number of benzene rings is 1. The van der Waals surface area contributed by atoms with Crippen LogP contribution in [0.3, 0.4) is 0 Å². The molecule has 1 heterocycles. The van der Waals surface area contributed by atoms with Gasteiger partial charge in [-0.3, -0.25) is 4.79 Å². The van der Waals surface area contributed by atoms with Gasteiger partial charge in [-0.1, -0.05) is 24.3 Å². The largest absolute Gasteiger partial charge is 0.379 e. The third kappa shape index (κ3) is 4.33. The summed E-state index contributed by atoms with van der Waals surface area (Å²) in [5, 5.41) is 6.21. The van der Waals surface area contributed by atoms with Gasteiger partial charge < -0.3 is 15.4 Å². The van der Waals surface area contributed by atoms with E-state index >= 15 is 0 Å². The minimum Gasteiger partial charge on any atom is -0.379 e. The van der Waals surface area contributed by atoms with Crippen molar-refractivity contribution in [2.24, 2.45) is 5.92 Å². The van der Waals surface area contributed by atoms with Crippen LogP contribution in [0.1, 0.15) is 11.1 Å². The van der Waals surface area contributed by atoms with E-state index in [1.807, 2.05) is 12.1 Å². The second-order valence-corrected chi connectivity index (χ2v) is 4.94. The maximum absolute atomic E-state index is 12.0. The Kier molecular flexibility index (Phi) is 5.36. The van der Waals surface area contributed by atoms with Gasteiger partial charge in [0.25, 0.3) is 0 Å². The minimum absolute atomic E-state index is 0.0700. The topological polar surface area (TPSA) is 50.4 Å². The molecule has 1 aromatic rings. The minimum atomic E-state index is -0.0700. The number of rotatable bonds is 4. The van der Waals surface area contributed by atoms with Gasteiger partial charge in [0.05, 0.1) is 19.1 Å². The molecule has 104 valence electrons. The molecule has 0 radical (unpaired) electrons. The van der Waals surface area contributed by atoms with Crippen molar-refractivity contribution in [3.63, 3.8) is 0 Å². The number of carbonyl (C=O) groups excluding carboxylic acids is 1. The molecule has 0 aliphatic carbocycles. The van der Waals surface area contributed by atoms with Gasteiger partial charge in [0.15, 0.2) is 0 Å². The highest BCUT2D eigenvalue weighted by molar-refractivity contribution is 5.79. The van der Waals surface area contributed by atoms with Crippen LogP contribution in [0, 0.1) is 12.8 Å². The van der Waals surface area contributed by atoms with Crippen LogP contribution >= 0.6 is 0 Å². The van der Waals surface area contributed by atoms with E-state index in [4.69, 9.17) is 4.74 Å². The summed E-state index contributed by atoms with van der Waals surface area (Å²) < 4.78 is 5.39. The molecular formula is C15H22N2O2. The van der Waals surface area contributed by atoms with E-state index in [2.05, 4.69) is 29.7 Å². The molecule has 4 nitrogen and oxygen atoms in total. The van der Waals surface area contributed by atoms with Gasteiger partial charge in [-0.25, -0.2) is 0 Å². The third-order valence-corrected chi connectivity index (χ3v) is 3.46. The summed E-state index contributed by atoms with van der Waals surface area (Å²) in [6, 6.07) is 8.27. The van der Waals surface area contributed by atoms with Crippen molar-refractivity contribution in [3.8, 4) is 0 Å². The number of hydrogen-bond acceptors (Lipinski definition) is 3. The predicted molar refractivity (Wildman–Crippen MR) is 75.1 cm³/mol. The zero-order chi connectivity index (χ0) is 13.5. The highest BCUT2D eigenvalue weighted by Gasteiger charge is 2.19. The Morgan fingerprint density at radius 3 is 3.16 bits per heavy atom. The number of amides is 1. The number of carbonyl (C=O) groups is 1. The van der Waals surface area contributed by atoms with Crippen LogP contribution < -0.4 is 10.6 Å². The van der Waals surface area contributed by atoms with Crippen molar-refractivity contribution in [2.45, 2.75) is 13.3 Å². The van der Waals surface area contributed by atoms with E-state index in [1.54, 1.807) is 0 Å². The molecule has 1 amide bonds. The lowest BCUT2D eigenvalue weighted by Gasteiger charge is -2.14. The van der Waals surface area contributed by atoms with Crippen molar-refractivity contribution in [1.29, 1.82) is 0 Å². The van der Waals surface area contributed by atoms with E-state index in [0.29, 0.717) is 26.3 Å². The first-order valence-corrected chi connectivity index (χ1v) is 6.88. The molecule has 2 N–H and O–H groups in total. The molecule has 1 aromatic carbocycles. The summed E-state index contributed by atoms with van der Waals surface area (Å²) >= 11 is 0. The van der Waals surface area contributed by atoms with Crippen molar-refractivity contribution in [2.75, 3.05) is 32.8 Å². The standard InChI is InChI=1S/C15H22N2O2/c1-12-4-2-3-5-13(12)6-7-17-15(18)14-10-16-8-9-19-11-14/h2-5,14,16H,6-11H2,1H3,(H,17,18). The van der Waals surface area contributed by atoms with Crippen molar-refractivity contribution >= 4 is 5.91 Å². The molecule has 0 saturated carbocycles. The van der Waals surface area contributed by atoms with E-state index in [1.165, 1.54) is 11.1 Å². The van der Waals surface area contributed by atoms with Crippen LogP contribution in [-0.2, 0) is 16.0 Å². The van der Waals surface area contributed by atoms with Crippen molar-refractivity contribution < 1.29 is 9.53 Å². The Hall–Kier alpha value is -1.39. The quantitative estimate of drug-likeness (QED) is 0.847. The highest BCUT2D eigenvalue weighted by Crippen LogP contribution is 2.07. The van der Waals surface area contributed by atoms with Gasteiger partial charge in [-0.05, 0) is 24.5 Å². The Labute approximate surface area is 114 Å². The predicted octanol–water partition coefficient (Wildman–Crippen LogP) is 0.890. The molecule has 1 aliphatic rings. The Balaban J connectivity index is 1.76. The summed E-state index contributed by atoms with van der Waals surface area (Å²) in [5.74, 6) is 0.0161. The first-order valence-electron chi connectivity index (χ1n) is 6.88. The Morgan fingerprint density at radius 1 is 1.47 bits per heavy atom. The number of hydrogen-bond donors (Lipinski definition) is 2. The fraction of sp³-hybridized carbons (Fsp3) is 0.533. The van der Waals surface area contributed by atoms with Crippen LogP contribution in [0.15, 0.2) is 24.3 Å². The average Bonchev–Trinajstić information content (AvgIpc) is 2.70. The zero-order valence-corrected chi connectivity index (χ0v) is 11.4. The van der Waals surface area contributed by atoms with Gasteiger partial charge in [0, 0.05) is 19.6 Å². The number of ether oxygens (including phenoxy) is 1. The average molecular weight is 262 g/mol.